The average molecular weight is 445 g/mol. The molecule has 33 heavy (non-hydrogen) atoms. The summed E-state index contributed by atoms with van der Waals surface area (Å²) < 4.78 is 13.7. The van der Waals surface area contributed by atoms with Crippen LogP contribution in [0.2, 0.25) is 0 Å². The van der Waals surface area contributed by atoms with Crippen molar-refractivity contribution in [3.63, 3.8) is 0 Å². The van der Waals surface area contributed by atoms with E-state index in [2.05, 4.69) is 45.0 Å². The summed E-state index contributed by atoms with van der Waals surface area (Å²) in [5.74, 6) is -0.324. The van der Waals surface area contributed by atoms with E-state index in [1.807, 2.05) is 18.3 Å². The van der Waals surface area contributed by atoms with Gasteiger partial charge in [0.05, 0.1) is 40.0 Å². The molecule has 1 saturated heterocycles. The Labute approximate surface area is 193 Å². The summed E-state index contributed by atoms with van der Waals surface area (Å²) in [6.07, 6.45) is 8.36. The quantitative estimate of drug-likeness (QED) is 0.435. The maximum absolute atomic E-state index is 13.7. The Bertz CT molecular complexity index is 1300. The fourth-order valence-corrected chi connectivity index (χ4v) is 4.75. The van der Waals surface area contributed by atoms with Gasteiger partial charge in [0.25, 0.3) is 0 Å². The van der Waals surface area contributed by atoms with Crippen molar-refractivity contribution in [2.75, 3.05) is 13.1 Å². The minimum atomic E-state index is -0.324. The van der Waals surface area contributed by atoms with Crippen LogP contribution in [-0.2, 0) is 6.42 Å². The van der Waals surface area contributed by atoms with Crippen LogP contribution in [0.3, 0.4) is 0 Å². The van der Waals surface area contributed by atoms with Crippen molar-refractivity contribution in [1.29, 1.82) is 0 Å². The minimum absolute atomic E-state index is 0.318. The summed E-state index contributed by atoms with van der Waals surface area (Å²) in [6.45, 7) is 8.65. The first-order chi connectivity index (χ1) is 15.9. The molecule has 5 rings (SSSR count). The molecule has 0 spiro atoms. The number of rotatable bonds is 6. The third-order valence-electron chi connectivity index (χ3n) is 6.75. The second kappa shape index (κ2) is 8.63. The average Bonchev–Trinajstić information content (AvgIpc) is 3.41. The Morgan fingerprint density at radius 1 is 1.06 bits per heavy atom. The fourth-order valence-electron chi connectivity index (χ4n) is 4.75. The van der Waals surface area contributed by atoms with Crippen molar-refractivity contribution in [3.05, 3.63) is 59.8 Å². The summed E-state index contributed by atoms with van der Waals surface area (Å²) in [7, 11) is 0. The van der Waals surface area contributed by atoms with Crippen molar-refractivity contribution >= 4 is 11.0 Å². The summed E-state index contributed by atoms with van der Waals surface area (Å²) in [5.41, 5.74) is 6.58. The van der Waals surface area contributed by atoms with Crippen LogP contribution in [0, 0.1) is 12.7 Å². The predicted molar refractivity (Wildman–Crippen MR) is 128 cm³/mol. The molecule has 170 valence electrons. The number of likely N-dealkylation sites (tertiary alicyclic amines) is 1. The monoisotopic (exact) mass is 444 g/mol. The van der Waals surface area contributed by atoms with Crippen LogP contribution < -0.4 is 0 Å². The second-order valence-corrected chi connectivity index (χ2v) is 9.51. The van der Waals surface area contributed by atoms with Crippen LogP contribution in [0.5, 0.6) is 0 Å². The number of nitrogens with one attached hydrogen (secondary N) is 1. The largest absolute Gasteiger partial charge is 0.298 e. The summed E-state index contributed by atoms with van der Waals surface area (Å²) in [4.78, 5) is 16.5. The van der Waals surface area contributed by atoms with E-state index in [9.17, 15) is 4.39 Å². The lowest BCUT2D eigenvalue weighted by Gasteiger charge is -2.31. The molecule has 0 aromatic carbocycles. The van der Waals surface area contributed by atoms with Gasteiger partial charge in [0, 0.05) is 17.3 Å². The smallest absolute Gasteiger partial charge is 0.144 e. The maximum Gasteiger partial charge on any atom is 0.144 e. The molecule has 7 heteroatoms. The fraction of sp³-hybridized carbons (Fsp3) is 0.385. The molecule has 1 fully saturated rings. The van der Waals surface area contributed by atoms with Gasteiger partial charge in [-0.1, -0.05) is 0 Å². The standard InChI is InChI=1S/C26H29FN6/c1-17-20(27)7-8-23(30-17)25-19(16-29-32-25)21-9-10-22-24(31-21)14-18(15-28-22)6-4-12-33-13-5-11-26(33,2)3/h7-10,14-16H,4-6,11-13H2,1-3H3,(H,29,32). The van der Waals surface area contributed by atoms with Crippen LogP contribution >= 0.6 is 0 Å². The highest BCUT2D eigenvalue weighted by Crippen LogP contribution is 2.30. The zero-order chi connectivity index (χ0) is 23.0. The Morgan fingerprint density at radius 3 is 2.70 bits per heavy atom. The van der Waals surface area contributed by atoms with Crippen LogP contribution in [0.25, 0.3) is 33.7 Å². The Morgan fingerprint density at radius 2 is 1.91 bits per heavy atom. The van der Waals surface area contributed by atoms with E-state index in [0.29, 0.717) is 16.9 Å². The third-order valence-corrected chi connectivity index (χ3v) is 6.75. The van der Waals surface area contributed by atoms with Gasteiger partial charge >= 0.3 is 0 Å². The van der Waals surface area contributed by atoms with E-state index in [1.54, 1.807) is 19.2 Å². The molecular formula is C26H29FN6. The van der Waals surface area contributed by atoms with Gasteiger partial charge in [0.2, 0.25) is 0 Å². The lowest BCUT2D eigenvalue weighted by Crippen LogP contribution is -2.38. The Kier molecular flexibility index (Phi) is 5.66. The van der Waals surface area contributed by atoms with Crippen molar-refractivity contribution in [2.45, 2.75) is 52.0 Å². The molecule has 6 nitrogen and oxygen atoms in total. The number of hydrogen-bond acceptors (Lipinski definition) is 5. The molecule has 0 atom stereocenters. The number of nitrogens with zero attached hydrogens (tertiary/aromatic N) is 5. The van der Waals surface area contributed by atoms with Gasteiger partial charge in [0.1, 0.15) is 5.82 Å². The number of aryl methyl sites for hydroxylation is 2. The summed E-state index contributed by atoms with van der Waals surface area (Å²) in [6, 6.07) is 9.14. The molecule has 0 amide bonds. The molecule has 1 N–H and O–H groups in total. The van der Waals surface area contributed by atoms with Gasteiger partial charge in [-0.3, -0.25) is 15.0 Å². The summed E-state index contributed by atoms with van der Waals surface area (Å²) in [5, 5.41) is 7.19. The van der Waals surface area contributed by atoms with Gasteiger partial charge in [-0.2, -0.15) is 5.10 Å². The normalized spacial score (nSPS) is 16.0. The molecule has 0 saturated carbocycles. The highest BCUT2D eigenvalue weighted by atomic mass is 19.1. The van der Waals surface area contributed by atoms with E-state index in [4.69, 9.17) is 4.98 Å². The Hall–Kier alpha value is -3.19. The molecule has 5 heterocycles. The van der Waals surface area contributed by atoms with E-state index < -0.39 is 0 Å². The topological polar surface area (TPSA) is 70.6 Å². The van der Waals surface area contributed by atoms with Crippen LogP contribution in [-0.4, -0.2) is 48.7 Å². The lowest BCUT2D eigenvalue weighted by atomic mass is 10.0. The third kappa shape index (κ3) is 4.37. The Balaban J connectivity index is 1.38. The molecule has 4 aromatic heterocycles. The SMILES string of the molecule is Cc1nc(-c2[nH]ncc2-c2ccc3ncc(CCCN4CCCC4(C)C)cc3n2)ccc1F. The first kappa shape index (κ1) is 21.6. The molecule has 4 aromatic rings. The number of fused-ring (bicyclic) bond motifs is 1. The van der Waals surface area contributed by atoms with E-state index in [0.717, 1.165) is 47.4 Å². The van der Waals surface area contributed by atoms with Gasteiger partial charge < -0.3 is 0 Å². The first-order valence-corrected chi connectivity index (χ1v) is 11.6. The number of halogens is 1. The number of aromatic amines is 1. The van der Waals surface area contributed by atoms with Crippen LogP contribution in [0.15, 0.2) is 42.7 Å². The maximum atomic E-state index is 13.7. The number of hydrogen-bond donors (Lipinski definition) is 1. The van der Waals surface area contributed by atoms with Crippen molar-refractivity contribution < 1.29 is 4.39 Å². The molecule has 0 radical (unpaired) electrons. The van der Waals surface area contributed by atoms with Crippen molar-refractivity contribution in [3.8, 4) is 22.6 Å². The van der Waals surface area contributed by atoms with Crippen LogP contribution in [0.4, 0.5) is 4.39 Å². The lowest BCUT2D eigenvalue weighted by molar-refractivity contribution is 0.173. The molecular weight excluding hydrogens is 415 g/mol. The van der Waals surface area contributed by atoms with Crippen LogP contribution in [0.1, 0.15) is 44.4 Å². The number of aromatic nitrogens is 5. The van der Waals surface area contributed by atoms with Gasteiger partial charge in [0.15, 0.2) is 0 Å². The van der Waals surface area contributed by atoms with Crippen molar-refractivity contribution in [1.82, 2.24) is 30.0 Å². The molecule has 0 bridgehead atoms. The zero-order valence-corrected chi connectivity index (χ0v) is 19.4. The molecule has 0 unspecified atom stereocenters. The predicted octanol–water partition coefficient (Wildman–Crippen LogP) is 5.34. The highest BCUT2D eigenvalue weighted by Gasteiger charge is 2.30. The molecule has 0 aliphatic carbocycles. The summed E-state index contributed by atoms with van der Waals surface area (Å²) >= 11 is 0. The minimum Gasteiger partial charge on any atom is -0.298 e. The highest BCUT2D eigenvalue weighted by molar-refractivity contribution is 5.82. The van der Waals surface area contributed by atoms with Gasteiger partial charge in [-0.25, -0.2) is 14.4 Å². The molecule has 1 aliphatic heterocycles. The second-order valence-electron chi connectivity index (χ2n) is 9.51. The number of H-pyrrole nitrogens is 1. The van der Waals surface area contributed by atoms with Gasteiger partial charge in [-0.05, 0) is 95.4 Å². The first-order valence-electron chi connectivity index (χ1n) is 11.6. The molecule has 1 aliphatic rings. The van der Waals surface area contributed by atoms with Crippen molar-refractivity contribution in [2.24, 2.45) is 0 Å². The zero-order valence-electron chi connectivity index (χ0n) is 19.4. The van der Waals surface area contributed by atoms with Gasteiger partial charge in [-0.15, -0.1) is 0 Å². The number of pyridine rings is 3. The van der Waals surface area contributed by atoms with E-state index in [1.165, 1.54) is 31.0 Å². The van der Waals surface area contributed by atoms with E-state index >= 15 is 0 Å². The van der Waals surface area contributed by atoms with E-state index in [-0.39, 0.29) is 5.82 Å².